The molecular weight excluding hydrogens is 342 g/mol. The van der Waals surface area contributed by atoms with Crippen LogP contribution in [0.4, 0.5) is 0 Å². The number of ether oxygens (including phenoxy) is 1. The molecule has 7 heteroatoms. The van der Waals surface area contributed by atoms with Crippen LogP contribution in [0.15, 0.2) is 46.6 Å². The van der Waals surface area contributed by atoms with Gasteiger partial charge in [0.1, 0.15) is 5.75 Å². The minimum Gasteiger partial charge on any atom is -0.497 e. The second-order valence-corrected chi connectivity index (χ2v) is 6.35. The van der Waals surface area contributed by atoms with E-state index in [1.165, 1.54) is 0 Å². The largest absolute Gasteiger partial charge is 0.497 e. The van der Waals surface area contributed by atoms with Crippen LogP contribution in [0.5, 0.6) is 5.75 Å². The Hall–Kier alpha value is -3.09. The Kier molecular flexibility index (Phi) is 5.90. The molecule has 142 valence electrons. The van der Waals surface area contributed by atoms with E-state index in [4.69, 9.17) is 4.74 Å². The summed E-state index contributed by atoms with van der Waals surface area (Å²) in [6, 6.07) is 7.40. The zero-order valence-corrected chi connectivity index (χ0v) is 16.0. The molecule has 0 aliphatic rings. The van der Waals surface area contributed by atoms with Crippen LogP contribution in [0, 0.1) is 0 Å². The number of H-pyrrole nitrogens is 2. The van der Waals surface area contributed by atoms with Gasteiger partial charge in [0, 0.05) is 36.3 Å². The van der Waals surface area contributed by atoms with Gasteiger partial charge >= 0.3 is 0 Å². The normalized spacial score (nSPS) is 11.7. The molecule has 27 heavy (non-hydrogen) atoms. The molecule has 0 atom stereocenters. The zero-order valence-electron chi connectivity index (χ0n) is 16.0. The Morgan fingerprint density at radius 1 is 1.26 bits per heavy atom. The Labute approximate surface area is 158 Å². The fraction of sp³-hybridized carbons (Fsp3) is 0.350. The second-order valence-electron chi connectivity index (χ2n) is 6.35. The van der Waals surface area contributed by atoms with Gasteiger partial charge in [-0.1, -0.05) is 13.3 Å². The van der Waals surface area contributed by atoms with Gasteiger partial charge in [-0.25, -0.2) is 9.67 Å². The number of imidazole rings is 1. The molecule has 0 amide bonds. The third-order valence-electron chi connectivity index (χ3n) is 4.44. The molecule has 0 saturated heterocycles. The van der Waals surface area contributed by atoms with Gasteiger partial charge in [0.2, 0.25) is 0 Å². The molecule has 0 aliphatic heterocycles. The molecule has 3 rings (SSSR count). The van der Waals surface area contributed by atoms with Crippen LogP contribution in [-0.2, 0) is 12.8 Å². The van der Waals surface area contributed by atoms with Crippen molar-refractivity contribution in [3.63, 3.8) is 0 Å². The van der Waals surface area contributed by atoms with Crippen LogP contribution < -0.4 is 10.3 Å². The van der Waals surface area contributed by atoms with Gasteiger partial charge in [-0.05, 0) is 37.6 Å². The highest BCUT2D eigenvalue weighted by atomic mass is 16.5. The zero-order chi connectivity index (χ0) is 19.2. The van der Waals surface area contributed by atoms with Crippen LogP contribution in [-0.4, -0.2) is 39.1 Å². The monoisotopic (exact) mass is 367 g/mol. The van der Waals surface area contributed by atoms with Crippen molar-refractivity contribution in [2.45, 2.75) is 33.1 Å². The van der Waals surface area contributed by atoms with E-state index < -0.39 is 0 Å². The minimum absolute atomic E-state index is 0.0774. The lowest BCUT2D eigenvalue weighted by Crippen LogP contribution is -2.20. The summed E-state index contributed by atoms with van der Waals surface area (Å²) in [5.41, 5.74) is 4.07. The number of nitrogens with zero attached hydrogens (tertiary/aromatic N) is 3. The second kappa shape index (κ2) is 8.53. The Morgan fingerprint density at radius 3 is 2.67 bits per heavy atom. The Balaban J connectivity index is 1.90. The van der Waals surface area contributed by atoms with E-state index >= 15 is 0 Å². The average Bonchev–Trinajstić information content (AvgIpc) is 3.30. The lowest BCUT2D eigenvalue weighted by molar-refractivity contribution is 0.414. The van der Waals surface area contributed by atoms with Crippen LogP contribution in [0.2, 0.25) is 0 Å². The number of rotatable bonds is 8. The quantitative estimate of drug-likeness (QED) is 0.600. The van der Waals surface area contributed by atoms with E-state index in [1.807, 2.05) is 31.2 Å². The molecule has 0 radical (unpaired) electrons. The highest BCUT2D eigenvalue weighted by Gasteiger charge is 2.17. The lowest BCUT2D eigenvalue weighted by atomic mass is 10.1. The topological polar surface area (TPSA) is 88.1 Å². The molecule has 0 spiro atoms. The molecule has 3 aromatic rings. The highest BCUT2D eigenvalue weighted by Crippen LogP contribution is 2.15. The van der Waals surface area contributed by atoms with E-state index in [0.717, 1.165) is 47.8 Å². The number of aryl methyl sites for hydroxylation is 1. The molecule has 1 aromatic carbocycles. The summed E-state index contributed by atoms with van der Waals surface area (Å²) in [5.74, 6) is 0.754. The first-order valence-electron chi connectivity index (χ1n) is 9.11. The summed E-state index contributed by atoms with van der Waals surface area (Å²) in [5, 5.41) is 3.26. The van der Waals surface area contributed by atoms with E-state index in [-0.39, 0.29) is 5.56 Å². The van der Waals surface area contributed by atoms with Gasteiger partial charge in [0.15, 0.2) is 0 Å². The van der Waals surface area contributed by atoms with Crippen molar-refractivity contribution in [2.24, 2.45) is 4.99 Å². The SMILES string of the molecule is CCCc1[nH]n(-c2ccc(OC)cc2)c(=O)c1C(C)=NCCc1cnc[nH]1. The van der Waals surface area contributed by atoms with E-state index in [0.29, 0.717) is 12.1 Å². The molecule has 2 aromatic heterocycles. The third kappa shape index (κ3) is 4.19. The van der Waals surface area contributed by atoms with E-state index in [9.17, 15) is 4.79 Å². The standard InChI is InChI=1S/C20H25N5O2/c1-4-5-18-19(14(2)22-11-10-15-12-21-13-23-15)20(26)25(24-18)16-6-8-17(27-3)9-7-16/h6-9,12-13,24H,4-5,10-11H2,1-3H3,(H,21,23). The molecule has 0 bridgehead atoms. The molecule has 2 N–H and O–H groups in total. The van der Waals surface area contributed by atoms with Gasteiger partial charge in [-0.3, -0.25) is 14.9 Å². The lowest BCUT2D eigenvalue weighted by Gasteiger charge is -2.03. The fourth-order valence-corrected chi connectivity index (χ4v) is 3.04. The average molecular weight is 367 g/mol. The molecular formula is C20H25N5O2. The number of methoxy groups -OCH3 is 1. The summed E-state index contributed by atoms with van der Waals surface area (Å²) in [6.07, 6.45) is 5.95. The molecule has 2 heterocycles. The maximum atomic E-state index is 13.1. The van der Waals surface area contributed by atoms with Gasteiger partial charge < -0.3 is 9.72 Å². The van der Waals surface area contributed by atoms with Crippen LogP contribution in [0.3, 0.4) is 0 Å². The van der Waals surface area contributed by atoms with Crippen LogP contribution in [0.25, 0.3) is 5.69 Å². The van der Waals surface area contributed by atoms with Crippen LogP contribution >= 0.6 is 0 Å². The first-order valence-corrected chi connectivity index (χ1v) is 9.11. The van der Waals surface area contributed by atoms with Gasteiger partial charge in [0.25, 0.3) is 5.56 Å². The number of aromatic nitrogens is 4. The summed E-state index contributed by atoms with van der Waals surface area (Å²) >= 11 is 0. The molecule has 0 saturated carbocycles. The predicted molar refractivity (Wildman–Crippen MR) is 106 cm³/mol. The number of nitrogens with one attached hydrogen (secondary N) is 2. The summed E-state index contributed by atoms with van der Waals surface area (Å²) in [6.45, 7) is 4.60. The van der Waals surface area contributed by atoms with Crippen molar-refractivity contribution < 1.29 is 4.74 Å². The summed E-state index contributed by atoms with van der Waals surface area (Å²) in [4.78, 5) is 24.8. The first-order chi connectivity index (χ1) is 13.1. The first kappa shape index (κ1) is 18.7. The Morgan fingerprint density at radius 2 is 2.04 bits per heavy atom. The maximum absolute atomic E-state index is 13.1. The van der Waals surface area contributed by atoms with Crippen molar-refractivity contribution >= 4 is 5.71 Å². The number of aromatic amines is 2. The van der Waals surface area contributed by atoms with Crippen molar-refractivity contribution in [3.8, 4) is 11.4 Å². The number of hydrogen-bond acceptors (Lipinski definition) is 4. The third-order valence-corrected chi connectivity index (χ3v) is 4.44. The number of benzene rings is 1. The maximum Gasteiger partial charge on any atom is 0.280 e. The molecule has 0 aliphatic carbocycles. The van der Waals surface area contributed by atoms with Crippen molar-refractivity contribution in [3.05, 3.63) is 64.1 Å². The van der Waals surface area contributed by atoms with E-state index in [2.05, 4.69) is 27.0 Å². The van der Waals surface area contributed by atoms with Crippen molar-refractivity contribution in [2.75, 3.05) is 13.7 Å². The molecule has 7 nitrogen and oxygen atoms in total. The fourth-order valence-electron chi connectivity index (χ4n) is 3.04. The van der Waals surface area contributed by atoms with Gasteiger partial charge in [-0.15, -0.1) is 0 Å². The van der Waals surface area contributed by atoms with Gasteiger partial charge in [0.05, 0.1) is 24.7 Å². The Bertz CT molecular complexity index is 949. The van der Waals surface area contributed by atoms with Gasteiger partial charge in [-0.2, -0.15) is 0 Å². The minimum atomic E-state index is -0.0774. The molecule has 0 unspecified atom stereocenters. The van der Waals surface area contributed by atoms with Crippen LogP contribution in [0.1, 0.15) is 37.2 Å². The summed E-state index contributed by atoms with van der Waals surface area (Å²) in [7, 11) is 1.62. The summed E-state index contributed by atoms with van der Waals surface area (Å²) < 4.78 is 6.77. The number of hydrogen-bond donors (Lipinski definition) is 2. The highest BCUT2D eigenvalue weighted by molar-refractivity contribution is 5.99. The van der Waals surface area contributed by atoms with E-state index in [1.54, 1.807) is 24.3 Å². The van der Waals surface area contributed by atoms with Crippen molar-refractivity contribution in [1.29, 1.82) is 0 Å². The predicted octanol–water partition coefficient (Wildman–Crippen LogP) is 2.90. The molecule has 0 fully saturated rings. The smallest absolute Gasteiger partial charge is 0.280 e. The van der Waals surface area contributed by atoms with Crippen molar-refractivity contribution in [1.82, 2.24) is 19.7 Å². The number of aliphatic imine (C=N–C) groups is 1.